The molecule has 0 bridgehead atoms. The first-order valence-electron chi connectivity index (χ1n) is 12.7. The van der Waals surface area contributed by atoms with Crippen molar-refractivity contribution >= 4 is 40.6 Å². The van der Waals surface area contributed by atoms with Crippen LogP contribution < -0.4 is 16.0 Å². The SMILES string of the molecule is Cc1ccc(C(=O)Nc2ccc(Cl)c(C(F)(F)F)c2)cc1NC(=O)C1(c2cc(NCCCN(C)C)ncn2)CC1. The second kappa shape index (κ2) is 11.8. The maximum atomic E-state index is 13.4. The summed E-state index contributed by atoms with van der Waals surface area (Å²) in [6, 6.07) is 9.63. The molecule has 4 rings (SSSR count). The van der Waals surface area contributed by atoms with Crippen molar-refractivity contribution in [1.29, 1.82) is 0 Å². The monoisotopic (exact) mass is 574 g/mol. The first kappa shape index (κ1) is 29.3. The molecule has 1 heterocycles. The quantitative estimate of drug-likeness (QED) is 0.267. The van der Waals surface area contributed by atoms with E-state index in [2.05, 4.69) is 30.8 Å². The highest BCUT2D eigenvalue weighted by molar-refractivity contribution is 6.31. The zero-order chi connectivity index (χ0) is 29.1. The molecule has 1 fully saturated rings. The summed E-state index contributed by atoms with van der Waals surface area (Å²) in [5.41, 5.74) is 0.0234. The van der Waals surface area contributed by atoms with Crippen LogP contribution >= 0.6 is 11.6 Å². The smallest absolute Gasteiger partial charge is 0.370 e. The third-order valence-corrected chi connectivity index (χ3v) is 7.04. The lowest BCUT2D eigenvalue weighted by Gasteiger charge is -2.18. The lowest BCUT2D eigenvalue weighted by Crippen LogP contribution is -2.29. The first-order valence-corrected chi connectivity index (χ1v) is 13.1. The van der Waals surface area contributed by atoms with Gasteiger partial charge in [-0.1, -0.05) is 17.7 Å². The number of aryl methyl sites for hydroxylation is 1. The Hall–Kier alpha value is -3.70. The van der Waals surface area contributed by atoms with Crippen LogP contribution in [0.5, 0.6) is 0 Å². The molecule has 0 atom stereocenters. The van der Waals surface area contributed by atoms with Crippen LogP contribution in [-0.2, 0) is 16.4 Å². The Morgan fingerprint density at radius 1 is 1.05 bits per heavy atom. The molecule has 212 valence electrons. The summed E-state index contributed by atoms with van der Waals surface area (Å²) in [6.45, 7) is 3.45. The Morgan fingerprint density at radius 2 is 1.80 bits per heavy atom. The van der Waals surface area contributed by atoms with E-state index in [0.717, 1.165) is 37.2 Å². The van der Waals surface area contributed by atoms with E-state index in [4.69, 9.17) is 11.6 Å². The number of anilines is 3. The summed E-state index contributed by atoms with van der Waals surface area (Å²) in [6.07, 6.45) is -1.05. The molecule has 0 aliphatic heterocycles. The number of hydrogen-bond donors (Lipinski definition) is 3. The molecule has 12 heteroatoms. The largest absolute Gasteiger partial charge is 0.417 e. The fraction of sp³-hybridized carbons (Fsp3) is 0.357. The van der Waals surface area contributed by atoms with Crippen molar-refractivity contribution in [1.82, 2.24) is 14.9 Å². The zero-order valence-corrected chi connectivity index (χ0v) is 23.1. The summed E-state index contributed by atoms with van der Waals surface area (Å²) in [5.74, 6) is -0.237. The van der Waals surface area contributed by atoms with E-state index in [0.29, 0.717) is 30.0 Å². The van der Waals surface area contributed by atoms with E-state index in [9.17, 15) is 22.8 Å². The summed E-state index contributed by atoms with van der Waals surface area (Å²) < 4.78 is 39.6. The summed E-state index contributed by atoms with van der Waals surface area (Å²) in [7, 11) is 4.02. The molecule has 0 spiro atoms. The van der Waals surface area contributed by atoms with E-state index in [1.807, 2.05) is 14.1 Å². The molecule has 2 amide bonds. The van der Waals surface area contributed by atoms with Gasteiger partial charge in [0.2, 0.25) is 5.91 Å². The van der Waals surface area contributed by atoms with E-state index in [1.54, 1.807) is 19.1 Å². The number of carbonyl (C=O) groups excluding carboxylic acids is 2. The molecule has 2 aromatic carbocycles. The lowest BCUT2D eigenvalue weighted by atomic mass is 10.00. The maximum Gasteiger partial charge on any atom is 0.417 e. The van der Waals surface area contributed by atoms with E-state index < -0.39 is 28.1 Å². The second-order valence-electron chi connectivity index (χ2n) is 10.1. The van der Waals surface area contributed by atoms with Gasteiger partial charge in [-0.3, -0.25) is 9.59 Å². The van der Waals surface area contributed by atoms with Crippen molar-refractivity contribution in [3.63, 3.8) is 0 Å². The molecule has 1 aliphatic carbocycles. The molecule has 0 saturated heterocycles. The van der Waals surface area contributed by atoms with Gasteiger partial charge in [0, 0.05) is 29.5 Å². The summed E-state index contributed by atoms with van der Waals surface area (Å²) in [4.78, 5) is 37.0. The van der Waals surface area contributed by atoms with Gasteiger partial charge in [-0.05, 0) is 82.7 Å². The van der Waals surface area contributed by atoms with Crippen LogP contribution in [0.1, 0.15) is 46.4 Å². The first-order chi connectivity index (χ1) is 18.9. The van der Waals surface area contributed by atoms with Gasteiger partial charge in [-0.25, -0.2) is 9.97 Å². The van der Waals surface area contributed by atoms with Crippen LogP contribution in [0.15, 0.2) is 48.8 Å². The maximum absolute atomic E-state index is 13.4. The highest BCUT2D eigenvalue weighted by Crippen LogP contribution is 2.48. The number of benzene rings is 2. The van der Waals surface area contributed by atoms with Gasteiger partial charge in [0.15, 0.2) is 0 Å². The van der Waals surface area contributed by atoms with Crippen LogP contribution in [0.2, 0.25) is 5.02 Å². The molecular weight excluding hydrogens is 545 g/mol. The van der Waals surface area contributed by atoms with Crippen LogP contribution in [-0.4, -0.2) is 53.9 Å². The minimum atomic E-state index is -4.66. The molecule has 8 nitrogen and oxygen atoms in total. The van der Waals surface area contributed by atoms with Crippen LogP contribution in [0, 0.1) is 6.92 Å². The van der Waals surface area contributed by atoms with Crippen molar-refractivity contribution in [2.45, 2.75) is 37.8 Å². The molecule has 3 N–H and O–H groups in total. The molecule has 1 aliphatic rings. The second-order valence-corrected chi connectivity index (χ2v) is 10.5. The number of carbonyl (C=O) groups is 2. The Balaban J connectivity index is 1.46. The minimum absolute atomic E-state index is 0.0558. The molecule has 0 unspecified atom stereocenters. The third kappa shape index (κ3) is 6.89. The Morgan fingerprint density at radius 3 is 2.48 bits per heavy atom. The third-order valence-electron chi connectivity index (χ3n) is 6.71. The highest BCUT2D eigenvalue weighted by atomic mass is 35.5. The number of hydrogen-bond acceptors (Lipinski definition) is 6. The van der Waals surface area contributed by atoms with Crippen LogP contribution in [0.4, 0.5) is 30.4 Å². The molecular formula is C28H30ClF3N6O2. The van der Waals surface area contributed by atoms with Gasteiger partial charge >= 0.3 is 6.18 Å². The topological polar surface area (TPSA) is 99.2 Å². The molecule has 0 radical (unpaired) electrons. The average molecular weight is 575 g/mol. The van der Waals surface area contributed by atoms with Crippen LogP contribution in [0.3, 0.4) is 0 Å². The standard InChI is InChI=1S/C28H30ClF3N6O2/c1-17-5-6-18(25(39)36-19-7-8-21(29)20(14-19)28(30,31)32)13-22(17)37-26(40)27(9-10-27)23-15-24(35-16-34-23)33-11-4-12-38(2)3/h5-8,13-16H,4,9-12H2,1-3H3,(H,36,39)(H,37,40)(H,33,34,35). The van der Waals surface area contributed by atoms with Gasteiger partial charge in [0.25, 0.3) is 5.91 Å². The van der Waals surface area contributed by atoms with Gasteiger partial charge in [0.05, 0.1) is 21.7 Å². The fourth-order valence-corrected chi connectivity index (χ4v) is 4.44. The Bertz CT molecular complexity index is 1410. The van der Waals surface area contributed by atoms with Crippen molar-refractivity contribution < 1.29 is 22.8 Å². The van der Waals surface area contributed by atoms with Gasteiger partial charge < -0.3 is 20.9 Å². The number of aromatic nitrogens is 2. The average Bonchev–Trinajstić information content (AvgIpc) is 3.71. The van der Waals surface area contributed by atoms with E-state index in [-0.39, 0.29) is 17.2 Å². The van der Waals surface area contributed by atoms with E-state index >= 15 is 0 Å². The predicted molar refractivity (Wildman–Crippen MR) is 149 cm³/mol. The summed E-state index contributed by atoms with van der Waals surface area (Å²) >= 11 is 5.67. The minimum Gasteiger partial charge on any atom is -0.370 e. The number of amides is 2. The zero-order valence-electron chi connectivity index (χ0n) is 22.3. The highest BCUT2D eigenvalue weighted by Gasteiger charge is 2.53. The van der Waals surface area contributed by atoms with Crippen molar-refractivity contribution in [2.75, 3.05) is 43.1 Å². The number of nitrogens with zero attached hydrogens (tertiary/aromatic N) is 3. The number of alkyl halides is 3. The molecule has 3 aromatic rings. The normalized spacial score (nSPS) is 14.1. The van der Waals surface area contributed by atoms with Gasteiger partial charge in [0.1, 0.15) is 12.1 Å². The van der Waals surface area contributed by atoms with Gasteiger partial charge in [-0.2, -0.15) is 13.2 Å². The molecule has 1 aromatic heterocycles. The number of rotatable bonds is 10. The number of halogens is 4. The van der Waals surface area contributed by atoms with Gasteiger partial charge in [-0.15, -0.1) is 0 Å². The molecule has 1 saturated carbocycles. The number of nitrogens with one attached hydrogen (secondary N) is 3. The van der Waals surface area contributed by atoms with Crippen molar-refractivity contribution in [3.05, 3.63) is 76.2 Å². The molecule has 40 heavy (non-hydrogen) atoms. The van der Waals surface area contributed by atoms with Crippen LogP contribution in [0.25, 0.3) is 0 Å². The van der Waals surface area contributed by atoms with Crippen molar-refractivity contribution in [2.24, 2.45) is 0 Å². The van der Waals surface area contributed by atoms with E-state index in [1.165, 1.54) is 24.5 Å². The van der Waals surface area contributed by atoms with Crippen molar-refractivity contribution in [3.8, 4) is 0 Å². The summed E-state index contributed by atoms with van der Waals surface area (Å²) in [5, 5.41) is 8.19. The predicted octanol–water partition coefficient (Wildman–Crippen LogP) is 5.74. The Labute approximate surface area is 235 Å². The fourth-order valence-electron chi connectivity index (χ4n) is 4.22. The Kier molecular flexibility index (Phi) is 8.65. The lowest BCUT2D eigenvalue weighted by molar-refractivity contribution is -0.137.